The van der Waals surface area contributed by atoms with Crippen LogP contribution >= 0.6 is 23.4 Å². The predicted octanol–water partition coefficient (Wildman–Crippen LogP) is 3.77. The lowest BCUT2D eigenvalue weighted by Gasteiger charge is -2.26. The minimum Gasteiger partial charge on any atom is -0.347 e. The van der Waals surface area contributed by atoms with Crippen LogP contribution in [-0.4, -0.2) is 40.1 Å². The van der Waals surface area contributed by atoms with Crippen molar-refractivity contribution >= 4 is 29.3 Å². The Labute approximate surface area is 163 Å². The number of nitrogens with zero attached hydrogens (tertiary/aromatic N) is 3. The lowest BCUT2D eigenvalue weighted by Crippen LogP contribution is -2.29. The molecule has 5 nitrogen and oxygen atoms in total. The zero-order chi connectivity index (χ0) is 18.4. The van der Waals surface area contributed by atoms with Gasteiger partial charge in [0.15, 0.2) is 10.9 Å². The fourth-order valence-corrected chi connectivity index (χ4v) is 3.53. The number of aromatic nitrogens is 2. The molecule has 138 valence electrons. The second-order valence-electron chi connectivity index (χ2n) is 6.39. The first-order valence-electron chi connectivity index (χ1n) is 8.80. The number of amides is 1. The molecule has 1 aliphatic rings. The van der Waals surface area contributed by atoms with Gasteiger partial charge in [0.25, 0.3) is 5.91 Å². The van der Waals surface area contributed by atoms with Gasteiger partial charge in [-0.3, -0.25) is 9.69 Å². The van der Waals surface area contributed by atoms with E-state index in [9.17, 15) is 4.79 Å². The second kappa shape index (κ2) is 9.35. The summed E-state index contributed by atoms with van der Waals surface area (Å²) in [6, 6.07) is 8.40. The summed E-state index contributed by atoms with van der Waals surface area (Å²) in [7, 11) is 0. The Morgan fingerprint density at radius 1 is 1.19 bits per heavy atom. The Morgan fingerprint density at radius 3 is 2.58 bits per heavy atom. The maximum atomic E-state index is 12.3. The molecule has 2 heterocycles. The van der Waals surface area contributed by atoms with Gasteiger partial charge in [0.1, 0.15) is 0 Å². The predicted molar refractivity (Wildman–Crippen MR) is 106 cm³/mol. The number of hydrogen-bond acceptors (Lipinski definition) is 5. The maximum absolute atomic E-state index is 12.3. The number of carbonyl (C=O) groups is 1. The number of carbonyl (C=O) groups excluding carboxylic acids is 1. The average Bonchev–Trinajstić information content (AvgIpc) is 2.68. The van der Waals surface area contributed by atoms with Crippen molar-refractivity contribution in [2.24, 2.45) is 0 Å². The summed E-state index contributed by atoms with van der Waals surface area (Å²) < 4.78 is 0. The number of halogens is 1. The van der Waals surface area contributed by atoms with Crippen LogP contribution in [0.5, 0.6) is 0 Å². The molecule has 3 rings (SSSR count). The molecule has 1 aromatic heterocycles. The van der Waals surface area contributed by atoms with Gasteiger partial charge in [-0.15, -0.1) is 0 Å². The summed E-state index contributed by atoms with van der Waals surface area (Å²) in [6.45, 7) is 3.82. The van der Waals surface area contributed by atoms with Crippen molar-refractivity contribution in [1.29, 1.82) is 0 Å². The lowest BCUT2D eigenvalue weighted by molar-refractivity contribution is 0.0945. The minimum atomic E-state index is -0.287. The SMILES string of the molecule is CSc1ncc(Cl)c(C(=O)NCc2ccc(CN3CCCCC3)cc2)n1. The van der Waals surface area contributed by atoms with Gasteiger partial charge >= 0.3 is 0 Å². The van der Waals surface area contributed by atoms with Crippen molar-refractivity contribution in [1.82, 2.24) is 20.2 Å². The molecular formula is C19H23ClN4OS. The standard InChI is InChI=1S/C19H23ClN4OS/c1-26-19-22-12-16(20)17(23-19)18(25)21-11-14-5-7-15(8-6-14)13-24-9-3-2-4-10-24/h5-8,12H,2-4,9-11,13H2,1H3,(H,21,25). The van der Waals surface area contributed by atoms with E-state index in [2.05, 4.69) is 44.5 Å². The number of benzene rings is 1. The third-order valence-electron chi connectivity index (χ3n) is 4.45. The molecule has 0 bridgehead atoms. The molecule has 1 amide bonds. The molecular weight excluding hydrogens is 368 g/mol. The molecule has 0 atom stereocenters. The maximum Gasteiger partial charge on any atom is 0.271 e. The summed E-state index contributed by atoms with van der Waals surface area (Å²) in [6.07, 6.45) is 7.27. The van der Waals surface area contributed by atoms with Gasteiger partial charge in [0, 0.05) is 13.1 Å². The van der Waals surface area contributed by atoms with Crippen LogP contribution in [0.1, 0.15) is 40.9 Å². The van der Waals surface area contributed by atoms with Crippen LogP contribution in [0.3, 0.4) is 0 Å². The molecule has 1 aromatic carbocycles. The molecule has 0 unspecified atom stereocenters. The molecule has 26 heavy (non-hydrogen) atoms. The van der Waals surface area contributed by atoms with E-state index in [0.717, 1.165) is 12.1 Å². The normalized spacial score (nSPS) is 15.0. The Bertz CT molecular complexity index is 748. The van der Waals surface area contributed by atoms with Crippen LogP contribution in [0.25, 0.3) is 0 Å². The molecule has 7 heteroatoms. The zero-order valence-corrected chi connectivity index (χ0v) is 16.4. The monoisotopic (exact) mass is 390 g/mol. The highest BCUT2D eigenvalue weighted by molar-refractivity contribution is 7.98. The highest BCUT2D eigenvalue weighted by Crippen LogP contribution is 2.17. The molecule has 1 N–H and O–H groups in total. The van der Waals surface area contributed by atoms with E-state index in [1.807, 2.05) is 6.26 Å². The van der Waals surface area contributed by atoms with E-state index in [0.29, 0.717) is 11.7 Å². The Kier molecular flexibility index (Phi) is 6.88. The topological polar surface area (TPSA) is 58.1 Å². The molecule has 0 spiro atoms. The van der Waals surface area contributed by atoms with Gasteiger partial charge in [-0.1, -0.05) is 54.0 Å². The van der Waals surface area contributed by atoms with E-state index in [-0.39, 0.29) is 16.6 Å². The minimum absolute atomic E-state index is 0.215. The van der Waals surface area contributed by atoms with E-state index < -0.39 is 0 Å². The smallest absolute Gasteiger partial charge is 0.271 e. The first kappa shape index (κ1) is 19.1. The second-order valence-corrected chi connectivity index (χ2v) is 7.57. The van der Waals surface area contributed by atoms with Gasteiger partial charge in [-0.2, -0.15) is 0 Å². The van der Waals surface area contributed by atoms with Gasteiger partial charge < -0.3 is 5.32 Å². The van der Waals surface area contributed by atoms with Crippen LogP contribution in [0, 0.1) is 0 Å². The number of nitrogens with one attached hydrogen (secondary N) is 1. The van der Waals surface area contributed by atoms with E-state index in [4.69, 9.17) is 11.6 Å². The Morgan fingerprint density at radius 2 is 1.88 bits per heavy atom. The van der Waals surface area contributed by atoms with Gasteiger partial charge in [-0.25, -0.2) is 9.97 Å². The van der Waals surface area contributed by atoms with Gasteiger partial charge in [0.05, 0.1) is 11.2 Å². The zero-order valence-electron chi connectivity index (χ0n) is 14.9. The van der Waals surface area contributed by atoms with E-state index >= 15 is 0 Å². The van der Waals surface area contributed by atoms with Crippen LogP contribution in [0.2, 0.25) is 5.02 Å². The van der Waals surface area contributed by atoms with Crippen LogP contribution in [0.15, 0.2) is 35.6 Å². The van der Waals surface area contributed by atoms with Crippen molar-refractivity contribution in [3.8, 4) is 0 Å². The van der Waals surface area contributed by atoms with E-state index in [1.54, 1.807) is 0 Å². The number of likely N-dealkylation sites (tertiary alicyclic amines) is 1. The van der Waals surface area contributed by atoms with E-state index in [1.165, 1.54) is 55.9 Å². The van der Waals surface area contributed by atoms with Crippen molar-refractivity contribution in [2.45, 2.75) is 37.5 Å². The first-order chi connectivity index (χ1) is 12.7. The van der Waals surface area contributed by atoms with Crippen molar-refractivity contribution in [2.75, 3.05) is 19.3 Å². The number of thioether (sulfide) groups is 1. The number of piperidine rings is 1. The molecule has 1 fully saturated rings. The molecule has 0 aliphatic carbocycles. The summed E-state index contributed by atoms with van der Waals surface area (Å²) in [5, 5.41) is 3.67. The number of rotatable bonds is 6. The summed E-state index contributed by atoms with van der Waals surface area (Å²) in [5.74, 6) is -0.287. The summed E-state index contributed by atoms with van der Waals surface area (Å²) >= 11 is 7.42. The van der Waals surface area contributed by atoms with Crippen molar-refractivity contribution < 1.29 is 4.79 Å². The quantitative estimate of drug-likeness (QED) is 0.601. The highest BCUT2D eigenvalue weighted by Gasteiger charge is 2.14. The van der Waals surface area contributed by atoms with Crippen molar-refractivity contribution in [3.05, 3.63) is 52.3 Å². The van der Waals surface area contributed by atoms with Gasteiger partial charge in [-0.05, 0) is 43.3 Å². The van der Waals surface area contributed by atoms with Gasteiger partial charge in [0.2, 0.25) is 0 Å². The fraction of sp³-hybridized carbons (Fsp3) is 0.421. The molecule has 0 radical (unpaired) electrons. The third-order valence-corrected chi connectivity index (χ3v) is 5.29. The fourth-order valence-electron chi connectivity index (χ4n) is 3.01. The van der Waals surface area contributed by atoms with Crippen LogP contribution in [-0.2, 0) is 13.1 Å². The van der Waals surface area contributed by atoms with Crippen LogP contribution in [0.4, 0.5) is 0 Å². The molecule has 2 aromatic rings. The first-order valence-corrected chi connectivity index (χ1v) is 10.4. The number of hydrogen-bond donors (Lipinski definition) is 1. The lowest BCUT2D eigenvalue weighted by atomic mass is 10.1. The summed E-state index contributed by atoms with van der Waals surface area (Å²) in [5.41, 5.74) is 2.58. The van der Waals surface area contributed by atoms with Crippen molar-refractivity contribution in [3.63, 3.8) is 0 Å². The largest absolute Gasteiger partial charge is 0.347 e. The highest BCUT2D eigenvalue weighted by atomic mass is 35.5. The molecule has 1 saturated heterocycles. The van der Waals surface area contributed by atoms with Crippen LogP contribution < -0.4 is 5.32 Å². The molecule has 1 aliphatic heterocycles. The molecule has 0 saturated carbocycles. The Balaban J connectivity index is 1.55. The average molecular weight is 391 g/mol. The third kappa shape index (κ3) is 5.19. The Hall–Kier alpha value is -1.63. The summed E-state index contributed by atoms with van der Waals surface area (Å²) in [4.78, 5) is 23.1.